The fourth-order valence-electron chi connectivity index (χ4n) is 5.10. The van der Waals surface area contributed by atoms with Crippen LogP contribution in [0.3, 0.4) is 0 Å². The van der Waals surface area contributed by atoms with Crippen molar-refractivity contribution in [3.8, 4) is 0 Å². The minimum absolute atomic E-state index is 1.13. The Bertz CT molecular complexity index is 1550. The fourth-order valence-corrected chi connectivity index (χ4v) is 5.10. The third-order valence-corrected chi connectivity index (χ3v) is 7.54. The van der Waals surface area contributed by atoms with E-state index in [0.29, 0.717) is 0 Å². The van der Waals surface area contributed by atoms with Gasteiger partial charge in [0.15, 0.2) is 0 Å². The summed E-state index contributed by atoms with van der Waals surface area (Å²) in [4.78, 5) is 2.33. The second-order valence-electron chi connectivity index (χ2n) is 10.9. The van der Waals surface area contributed by atoms with E-state index in [9.17, 15) is 0 Å². The molecule has 5 rings (SSSR count). The van der Waals surface area contributed by atoms with Crippen molar-refractivity contribution in [3.63, 3.8) is 0 Å². The van der Waals surface area contributed by atoms with Crippen molar-refractivity contribution in [3.05, 3.63) is 186 Å². The summed E-state index contributed by atoms with van der Waals surface area (Å²) >= 11 is 0. The number of hydrogen-bond donors (Lipinski definition) is 0. The van der Waals surface area contributed by atoms with E-state index in [2.05, 4.69) is 182 Å². The van der Waals surface area contributed by atoms with Crippen LogP contribution in [0.1, 0.15) is 54.0 Å². The molecule has 0 aliphatic rings. The lowest BCUT2D eigenvalue weighted by Gasteiger charge is -2.26. The molecule has 0 saturated carbocycles. The highest BCUT2D eigenvalue weighted by molar-refractivity contribution is 5.78. The van der Waals surface area contributed by atoms with Crippen LogP contribution in [0.15, 0.2) is 158 Å². The van der Waals surface area contributed by atoms with E-state index >= 15 is 0 Å². The lowest BCUT2D eigenvalue weighted by atomic mass is 10.1. The number of allylic oxidation sites excluding steroid dienone is 4. The zero-order valence-corrected chi connectivity index (χ0v) is 25.6. The molecule has 5 aromatic rings. The molecule has 44 heavy (non-hydrogen) atoms. The molecular weight excluding hydrogens is 530 g/mol. The molecule has 0 fully saturated rings. The minimum atomic E-state index is 1.13. The smallest absolute Gasteiger partial charge is 0.0462 e. The predicted octanol–water partition coefficient (Wildman–Crippen LogP) is 12.3. The van der Waals surface area contributed by atoms with Crippen molar-refractivity contribution in [2.45, 2.75) is 32.6 Å². The van der Waals surface area contributed by atoms with Crippen molar-refractivity contribution in [1.82, 2.24) is 0 Å². The molecule has 0 unspecified atom stereocenters. The van der Waals surface area contributed by atoms with Gasteiger partial charge in [-0.05, 0) is 77.1 Å². The third kappa shape index (κ3) is 9.18. The maximum absolute atomic E-state index is 2.33. The molecule has 0 bridgehead atoms. The van der Waals surface area contributed by atoms with E-state index in [1.165, 1.54) is 47.1 Å². The monoisotopic (exact) mass is 571 g/mol. The normalized spacial score (nSPS) is 11.8. The van der Waals surface area contributed by atoms with Crippen LogP contribution >= 0.6 is 0 Å². The first-order valence-corrected chi connectivity index (χ1v) is 15.7. The number of hydrogen-bond acceptors (Lipinski definition) is 1. The molecule has 0 radical (unpaired) electrons. The van der Waals surface area contributed by atoms with E-state index in [1.54, 1.807) is 0 Å². The average Bonchev–Trinajstić information content (AvgIpc) is 3.08. The average molecular weight is 572 g/mol. The van der Waals surface area contributed by atoms with Crippen LogP contribution in [0.4, 0.5) is 17.1 Å². The molecule has 0 saturated heterocycles. The Labute approximate surface area is 263 Å². The Balaban J connectivity index is 1.34. The minimum Gasteiger partial charge on any atom is -0.311 e. The van der Waals surface area contributed by atoms with Gasteiger partial charge in [-0.15, -0.1) is 0 Å². The number of aryl methyl sites for hydroxylation is 1. The topological polar surface area (TPSA) is 3.24 Å². The molecule has 0 heterocycles. The molecule has 0 aromatic heterocycles. The molecular formula is C43H41N. The third-order valence-electron chi connectivity index (χ3n) is 7.54. The van der Waals surface area contributed by atoms with Gasteiger partial charge in [0.1, 0.15) is 0 Å². The van der Waals surface area contributed by atoms with Gasteiger partial charge in [0.2, 0.25) is 0 Å². The van der Waals surface area contributed by atoms with Gasteiger partial charge in [0, 0.05) is 17.1 Å². The maximum atomic E-state index is 2.33. The molecule has 1 heteroatoms. The van der Waals surface area contributed by atoms with Gasteiger partial charge in [-0.25, -0.2) is 0 Å². The first-order valence-electron chi connectivity index (χ1n) is 15.7. The first kappa shape index (κ1) is 30.3. The highest BCUT2D eigenvalue weighted by Crippen LogP contribution is 2.35. The summed E-state index contributed by atoms with van der Waals surface area (Å²) in [6, 6.07) is 47.4. The number of nitrogens with zero attached hydrogens (tertiary/aromatic N) is 1. The van der Waals surface area contributed by atoms with E-state index in [4.69, 9.17) is 0 Å². The summed E-state index contributed by atoms with van der Waals surface area (Å²) in [6.45, 7) is 2.26. The number of rotatable bonds is 13. The van der Waals surface area contributed by atoms with Crippen LogP contribution in [0.25, 0.3) is 24.3 Å². The molecule has 0 atom stereocenters. The molecule has 5 aromatic carbocycles. The van der Waals surface area contributed by atoms with Gasteiger partial charge >= 0.3 is 0 Å². The standard InChI is InChI=1S/C43H41N/c1-2-3-6-15-38-24-30-41(31-25-38)44(42-32-26-39(27-33-42)22-13-11-20-36-16-7-4-8-17-36)43-34-28-40(29-35-43)23-14-12-21-37-18-9-5-10-19-37/h4-5,7-14,16-35H,2-3,6,15H2,1H3/b20-11+,21-12+,22-13+,23-14+. The largest absolute Gasteiger partial charge is 0.311 e. The van der Waals surface area contributed by atoms with Crippen LogP contribution in [0, 0.1) is 0 Å². The summed E-state index contributed by atoms with van der Waals surface area (Å²) in [5, 5.41) is 0. The second-order valence-corrected chi connectivity index (χ2v) is 10.9. The summed E-state index contributed by atoms with van der Waals surface area (Å²) < 4.78 is 0. The van der Waals surface area contributed by atoms with Gasteiger partial charge in [-0.1, -0.05) is 165 Å². The van der Waals surface area contributed by atoms with Gasteiger partial charge in [-0.3, -0.25) is 0 Å². The summed E-state index contributed by atoms with van der Waals surface area (Å²) in [5.74, 6) is 0. The number of benzene rings is 5. The highest BCUT2D eigenvalue weighted by Gasteiger charge is 2.12. The zero-order valence-electron chi connectivity index (χ0n) is 25.6. The highest BCUT2D eigenvalue weighted by atomic mass is 15.1. The van der Waals surface area contributed by atoms with Gasteiger partial charge in [0.25, 0.3) is 0 Å². The predicted molar refractivity (Wildman–Crippen MR) is 193 cm³/mol. The van der Waals surface area contributed by atoms with Crippen molar-refractivity contribution in [2.24, 2.45) is 0 Å². The maximum Gasteiger partial charge on any atom is 0.0462 e. The van der Waals surface area contributed by atoms with Crippen LogP contribution in [-0.4, -0.2) is 0 Å². The van der Waals surface area contributed by atoms with Gasteiger partial charge in [-0.2, -0.15) is 0 Å². The quantitative estimate of drug-likeness (QED) is 0.100. The van der Waals surface area contributed by atoms with Crippen LogP contribution in [-0.2, 0) is 6.42 Å². The van der Waals surface area contributed by atoms with Crippen molar-refractivity contribution in [2.75, 3.05) is 4.90 Å². The lowest BCUT2D eigenvalue weighted by Crippen LogP contribution is -2.10. The lowest BCUT2D eigenvalue weighted by molar-refractivity contribution is 0.717. The number of unbranched alkanes of at least 4 members (excludes halogenated alkanes) is 2. The SMILES string of the molecule is CCCCCc1ccc(N(c2ccc(/C=C/C=C/c3ccccc3)cc2)c2ccc(/C=C/C=C/c3ccccc3)cc2)cc1. The van der Waals surface area contributed by atoms with E-state index in [1.807, 2.05) is 12.1 Å². The van der Waals surface area contributed by atoms with E-state index in [-0.39, 0.29) is 0 Å². The Kier molecular flexibility index (Phi) is 11.4. The second kappa shape index (κ2) is 16.5. The number of anilines is 3. The van der Waals surface area contributed by atoms with Crippen LogP contribution in [0.2, 0.25) is 0 Å². The molecule has 218 valence electrons. The zero-order chi connectivity index (χ0) is 30.2. The Morgan fingerprint density at radius 2 is 0.773 bits per heavy atom. The van der Waals surface area contributed by atoms with Crippen molar-refractivity contribution >= 4 is 41.4 Å². The Hall–Kier alpha value is -5.14. The molecule has 1 nitrogen and oxygen atoms in total. The summed E-state index contributed by atoms with van der Waals surface area (Å²) in [5.41, 5.74) is 9.56. The van der Waals surface area contributed by atoms with Crippen LogP contribution in [0.5, 0.6) is 0 Å². The molecule has 0 N–H and O–H groups in total. The van der Waals surface area contributed by atoms with Gasteiger partial charge in [0.05, 0.1) is 0 Å². The first-order chi connectivity index (χ1) is 21.8. The molecule has 0 aliphatic heterocycles. The summed E-state index contributed by atoms with van der Waals surface area (Å²) in [7, 11) is 0. The van der Waals surface area contributed by atoms with E-state index < -0.39 is 0 Å². The Morgan fingerprint density at radius 1 is 0.409 bits per heavy atom. The summed E-state index contributed by atoms with van der Waals surface area (Å²) in [6.07, 6.45) is 21.8. The van der Waals surface area contributed by atoms with Crippen LogP contribution < -0.4 is 4.90 Å². The van der Waals surface area contributed by atoms with Crippen molar-refractivity contribution in [1.29, 1.82) is 0 Å². The molecule has 0 spiro atoms. The fraction of sp³-hybridized carbons (Fsp3) is 0.116. The Morgan fingerprint density at radius 3 is 1.16 bits per heavy atom. The molecule has 0 amide bonds. The van der Waals surface area contributed by atoms with Gasteiger partial charge < -0.3 is 4.90 Å². The van der Waals surface area contributed by atoms with Crippen molar-refractivity contribution < 1.29 is 0 Å². The molecule has 0 aliphatic carbocycles. The van der Waals surface area contributed by atoms with E-state index in [0.717, 1.165) is 23.5 Å².